The first-order chi connectivity index (χ1) is 14.0. The van der Waals surface area contributed by atoms with E-state index in [1.165, 1.54) is 19.2 Å². The fourth-order valence-corrected chi connectivity index (χ4v) is 4.24. The van der Waals surface area contributed by atoms with Gasteiger partial charge in [0.1, 0.15) is 11.3 Å². The van der Waals surface area contributed by atoms with Crippen LogP contribution in [0.5, 0.6) is 0 Å². The van der Waals surface area contributed by atoms with Gasteiger partial charge in [0.2, 0.25) is 0 Å². The molecule has 152 valence electrons. The van der Waals surface area contributed by atoms with Gasteiger partial charge in [-0.3, -0.25) is 9.59 Å². The van der Waals surface area contributed by atoms with Crippen molar-refractivity contribution in [1.29, 1.82) is 0 Å². The summed E-state index contributed by atoms with van der Waals surface area (Å²) in [5.41, 5.74) is 2.21. The van der Waals surface area contributed by atoms with Crippen LogP contribution in [-0.4, -0.2) is 51.8 Å². The summed E-state index contributed by atoms with van der Waals surface area (Å²) in [4.78, 5) is 34.2. The maximum absolute atomic E-state index is 12.7. The Kier molecular flexibility index (Phi) is 5.37. The van der Waals surface area contributed by atoms with Crippen LogP contribution in [0.4, 0.5) is 11.4 Å². The predicted molar refractivity (Wildman–Crippen MR) is 116 cm³/mol. The average molecular weight is 460 g/mol. The van der Waals surface area contributed by atoms with E-state index in [9.17, 15) is 9.59 Å². The van der Waals surface area contributed by atoms with Crippen molar-refractivity contribution in [3.63, 3.8) is 0 Å². The van der Waals surface area contributed by atoms with E-state index in [4.69, 9.17) is 0 Å². The highest BCUT2D eigenvalue weighted by molar-refractivity contribution is 9.10. The number of hydrogen-bond acceptors (Lipinski definition) is 6. The molecular weight excluding hydrogens is 438 g/mol. The van der Waals surface area contributed by atoms with Crippen molar-refractivity contribution in [3.05, 3.63) is 45.0 Å². The number of pyridine rings is 1. The van der Waals surface area contributed by atoms with E-state index in [0.717, 1.165) is 46.2 Å². The minimum Gasteiger partial charge on any atom is -0.368 e. The molecule has 4 rings (SSSR count). The van der Waals surface area contributed by atoms with Gasteiger partial charge in [0, 0.05) is 44.6 Å². The minimum atomic E-state index is -0.390. The number of likely N-dealkylation sites (N-methyl/N-ethyl adjacent to an activating group) is 1. The number of aromatic nitrogens is 4. The lowest BCUT2D eigenvalue weighted by atomic mass is 10.0. The second-order valence-corrected chi connectivity index (χ2v) is 7.94. The zero-order valence-electron chi connectivity index (χ0n) is 16.2. The topological polar surface area (TPSA) is 108 Å². The van der Waals surface area contributed by atoms with Crippen LogP contribution in [0, 0.1) is 0 Å². The van der Waals surface area contributed by atoms with E-state index in [1.54, 1.807) is 12.4 Å². The van der Waals surface area contributed by atoms with Gasteiger partial charge in [-0.15, -0.1) is 0 Å². The number of H-pyrrole nitrogens is 1. The van der Waals surface area contributed by atoms with E-state index in [1.807, 2.05) is 7.05 Å². The van der Waals surface area contributed by atoms with Crippen molar-refractivity contribution in [2.24, 2.45) is 7.05 Å². The molecule has 0 aromatic carbocycles. The van der Waals surface area contributed by atoms with Crippen LogP contribution in [0.3, 0.4) is 0 Å². The van der Waals surface area contributed by atoms with Crippen LogP contribution >= 0.6 is 15.9 Å². The lowest BCUT2D eigenvalue weighted by Crippen LogP contribution is -2.44. The maximum atomic E-state index is 12.7. The number of carbonyl (C=O) groups excluding carboxylic acids is 1. The third kappa shape index (κ3) is 3.77. The molecule has 0 unspecified atom stereocenters. The largest absolute Gasteiger partial charge is 0.368 e. The molecule has 1 aliphatic heterocycles. The molecule has 3 N–H and O–H groups in total. The molecule has 10 heteroatoms. The van der Waals surface area contributed by atoms with E-state index in [0.29, 0.717) is 17.4 Å². The molecule has 0 radical (unpaired) electrons. The highest BCUT2D eigenvalue weighted by atomic mass is 79.9. The monoisotopic (exact) mass is 459 g/mol. The van der Waals surface area contributed by atoms with E-state index >= 15 is 0 Å². The van der Waals surface area contributed by atoms with E-state index in [2.05, 4.69) is 46.5 Å². The summed E-state index contributed by atoms with van der Waals surface area (Å²) in [7, 11) is 3.49. The number of aromatic amines is 1. The molecule has 0 saturated carbocycles. The van der Waals surface area contributed by atoms with Crippen LogP contribution in [-0.2, 0) is 7.05 Å². The first-order valence-corrected chi connectivity index (χ1v) is 10.2. The van der Waals surface area contributed by atoms with Gasteiger partial charge in [-0.2, -0.15) is 5.10 Å². The van der Waals surface area contributed by atoms with E-state index < -0.39 is 0 Å². The average Bonchev–Trinajstić information content (AvgIpc) is 3.12. The summed E-state index contributed by atoms with van der Waals surface area (Å²) in [6.07, 6.45) is 5.72. The molecule has 4 heterocycles. The smallest absolute Gasteiger partial charge is 0.276 e. The Morgan fingerprint density at radius 2 is 2.21 bits per heavy atom. The van der Waals surface area contributed by atoms with Gasteiger partial charge in [0.15, 0.2) is 0 Å². The standard InChI is InChI=1S/C19H22BrN7O2/c1-21-11-4-3-7-27(10-11)17-12(20)8-22-18-16(17)14(9-23-18)24-19(29)13-5-6-15(28)26(2)25-13/h5-6,8-9,11,21H,3-4,7,10H2,1-2H3,(H,22,23)(H,24,29)/t11-/m1/s1. The zero-order valence-corrected chi connectivity index (χ0v) is 17.8. The third-order valence-electron chi connectivity index (χ3n) is 5.22. The van der Waals surface area contributed by atoms with Crippen molar-refractivity contribution in [1.82, 2.24) is 25.1 Å². The van der Waals surface area contributed by atoms with Crippen molar-refractivity contribution in [2.45, 2.75) is 18.9 Å². The molecule has 3 aromatic rings. The maximum Gasteiger partial charge on any atom is 0.276 e. The molecule has 1 amide bonds. The van der Waals surface area contributed by atoms with Crippen molar-refractivity contribution in [3.8, 4) is 0 Å². The first-order valence-electron chi connectivity index (χ1n) is 9.41. The lowest BCUT2D eigenvalue weighted by molar-refractivity contribution is 0.102. The molecule has 29 heavy (non-hydrogen) atoms. The number of anilines is 2. The number of hydrogen-bond donors (Lipinski definition) is 3. The normalized spacial score (nSPS) is 16.9. The predicted octanol–water partition coefficient (Wildman–Crippen LogP) is 1.86. The van der Waals surface area contributed by atoms with Gasteiger partial charge in [0.05, 0.1) is 21.2 Å². The molecule has 1 atom stereocenters. The highest BCUT2D eigenvalue weighted by Crippen LogP contribution is 2.39. The molecule has 1 fully saturated rings. The lowest BCUT2D eigenvalue weighted by Gasteiger charge is -2.35. The summed E-state index contributed by atoms with van der Waals surface area (Å²) >= 11 is 3.64. The SMILES string of the molecule is CN[C@@H]1CCCN(c2c(Br)cnc3[nH]cc(NC(=O)c4ccc(=O)n(C)n4)c23)C1. The van der Waals surface area contributed by atoms with Crippen LogP contribution in [0.1, 0.15) is 23.3 Å². The summed E-state index contributed by atoms with van der Waals surface area (Å²) < 4.78 is 2.01. The molecule has 0 aliphatic carbocycles. The van der Waals surface area contributed by atoms with Crippen LogP contribution in [0.2, 0.25) is 0 Å². The highest BCUT2D eigenvalue weighted by Gasteiger charge is 2.25. The second-order valence-electron chi connectivity index (χ2n) is 7.09. The Morgan fingerprint density at radius 3 is 2.97 bits per heavy atom. The van der Waals surface area contributed by atoms with Gasteiger partial charge in [0.25, 0.3) is 11.5 Å². The number of aryl methyl sites for hydroxylation is 1. The summed E-state index contributed by atoms with van der Waals surface area (Å²) in [6, 6.07) is 3.15. The number of rotatable bonds is 4. The summed E-state index contributed by atoms with van der Waals surface area (Å²) in [5, 5.41) is 11.1. The number of piperidine rings is 1. The Morgan fingerprint density at radius 1 is 1.38 bits per heavy atom. The fraction of sp³-hybridized carbons (Fsp3) is 0.368. The number of fused-ring (bicyclic) bond motifs is 1. The van der Waals surface area contributed by atoms with Gasteiger partial charge in [-0.25, -0.2) is 9.67 Å². The fourth-order valence-electron chi connectivity index (χ4n) is 3.69. The number of amides is 1. The van der Waals surface area contributed by atoms with Gasteiger partial charge >= 0.3 is 0 Å². The molecular formula is C19H22BrN7O2. The van der Waals surface area contributed by atoms with Gasteiger partial charge in [-0.05, 0) is 41.9 Å². The molecule has 3 aromatic heterocycles. The summed E-state index contributed by atoms with van der Waals surface area (Å²) in [6.45, 7) is 1.80. The van der Waals surface area contributed by atoms with Crippen LogP contribution < -0.4 is 21.1 Å². The first kappa shape index (κ1) is 19.6. The minimum absolute atomic E-state index is 0.166. The molecule has 1 aliphatic rings. The Labute approximate surface area is 175 Å². The van der Waals surface area contributed by atoms with E-state index in [-0.39, 0.29) is 17.2 Å². The number of nitrogens with one attached hydrogen (secondary N) is 3. The molecule has 0 spiro atoms. The van der Waals surface area contributed by atoms with Gasteiger partial charge < -0.3 is 20.5 Å². The summed E-state index contributed by atoms with van der Waals surface area (Å²) in [5.74, 6) is -0.390. The van der Waals surface area contributed by atoms with Crippen molar-refractivity contribution in [2.75, 3.05) is 30.4 Å². The third-order valence-corrected chi connectivity index (χ3v) is 5.80. The van der Waals surface area contributed by atoms with Crippen molar-refractivity contribution >= 4 is 44.2 Å². The second kappa shape index (κ2) is 7.96. The van der Waals surface area contributed by atoms with Crippen LogP contribution in [0.25, 0.3) is 11.0 Å². The van der Waals surface area contributed by atoms with Crippen LogP contribution in [0.15, 0.2) is 33.8 Å². The quantitative estimate of drug-likeness (QED) is 0.549. The van der Waals surface area contributed by atoms with Gasteiger partial charge in [-0.1, -0.05) is 0 Å². The molecule has 9 nitrogen and oxygen atoms in total. The Hall–Kier alpha value is -2.72. The molecule has 0 bridgehead atoms. The Bertz CT molecular complexity index is 1120. The number of carbonyl (C=O) groups is 1. The zero-order chi connectivity index (χ0) is 20.5. The number of halogens is 1. The van der Waals surface area contributed by atoms with Crippen molar-refractivity contribution < 1.29 is 4.79 Å². The molecule has 1 saturated heterocycles. The Balaban J connectivity index is 1.72. The number of nitrogens with zero attached hydrogens (tertiary/aromatic N) is 4.